The molecule has 0 bridgehead atoms. The zero-order valence-corrected chi connectivity index (χ0v) is 14.7. The molecule has 0 aliphatic rings. The van der Waals surface area contributed by atoms with Crippen LogP contribution in [0.25, 0.3) is 0 Å². The van der Waals surface area contributed by atoms with E-state index < -0.39 is 33.2 Å². The first kappa shape index (κ1) is 20.2. The van der Waals surface area contributed by atoms with E-state index in [-0.39, 0.29) is 39.9 Å². The van der Waals surface area contributed by atoms with Crippen molar-refractivity contribution in [2.24, 2.45) is 0 Å². The first-order chi connectivity index (χ1) is 12.2. The SMILES string of the molecule is O=C(Nc1cc(F)c(F)c(F)c1)c1ccc(Cl)c(S(=O)(=O)CCCO)c1. The summed E-state index contributed by atoms with van der Waals surface area (Å²) in [6.45, 7) is -0.335. The summed E-state index contributed by atoms with van der Waals surface area (Å²) in [5.74, 6) is -5.88. The quantitative estimate of drug-likeness (QED) is 0.720. The van der Waals surface area contributed by atoms with E-state index in [0.717, 1.165) is 6.07 Å². The smallest absolute Gasteiger partial charge is 0.255 e. The van der Waals surface area contributed by atoms with Crippen LogP contribution in [0.5, 0.6) is 0 Å². The highest BCUT2D eigenvalue weighted by Crippen LogP contribution is 2.25. The van der Waals surface area contributed by atoms with Crippen LogP contribution in [0.4, 0.5) is 18.9 Å². The van der Waals surface area contributed by atoms with Gasteiger partial charge in [-0.1, -0.05) is 11.6 Å². The van der Waals surface area contributed by atoms with Crippen LogP contribution in [0.15, 0.2) is 35.2 Å². The maximum Gasteiger partial charge on any atom is 0.255 e. The number of rotatable bonds is 6. The summed E-state index contributed by atoms with van der Waals surface area (Å²) in [6, 6.07) is 4.60. The molecule has 2 aromatic rings. The molecule has 0 unspecified atom stereocenters. The van der Waals surface area contributed by atoms with E-state index in [4.69, 9.17) is 16.7 Å². The first-order valence-corrected chi connectivity index (χ1v) is 9.28. The van der Waals surface area contributed by atoms with Crippen LogP contribution >= 0.6 is 11.6 Å². The Hall–Kier alpha value is -2.10. The molecule has 0 radical (unpaired) electrons. The van der Waals surface area contributed by atoms with Crippen molar-refractivity contribution in [1.29, 1.82) is 0 Å². The molecule has 1 amide bonds. The third-order valence-corrected chi connectivity index (χ3v) is 5.62. The van der Waals surface area contributed by atoms with Gasteiger partial charge in [0.2, 0.25) is 0 Å². The van der Waals surface area contributed by atoms with Crippen LogP contribution in [0.2, 0.25) is 5.02 Å². The van der Waals surface area contributed by atoms with Crippen molar-refractivity contribution in [1.82, 2.24) is 0 Å². The number of carbonyl (C=O) groups excluding carboxylic acids is 1. The fraction of sp³-hybridized carbons (Fsp3) is 0.188. The number of carbonyl (C=O) groups is 1. The third-order valence-electron chi connectivity index (χ3n) is 3.34. The van der Waals surface area contributed by atoms with Gasteiger partial charge in [-0.3, -0.25) is 4.79 Å². The summed E-state index contributed by atoms with van der Waals surface area (Å²) < 4.78 is 63.7. The van der Waals surface area contributed by atoms with Crippen LogP contribution in [0.1, 0.15) is 16.8 Å². The summed E-state index contributed by atoms with van der Waals surface area (Å²) in [4.78, 5) is 11.9. The Labute approximate surface area is 152 Å². The maximum absolute atomic E-state index is 13.2. The van der Waals surface area contributed by atoms with Crippen molar-refractivity contribution in [3.05, 3.63) is 58.4 Å². The Morgan fingerprint density at radius 1 is 1.12 bits per heavy atom. The summed E-state index contributed by atoms with van der Waals surface area (Å²) in [5.41, 5.74) is -0.479. The number of nitrogens with one attached hydrogen (secondary N) is 1. The summed E-state index contributed by atoms with van der Waals surface area (Å²) in [7, 11) is -3.84. The summed E-state index contributed by atoms with van der Waals surface area (Å²) in [5, 5.41) is 10.8. The second-order valence-corrected chi connectivity index (χ2v) is 7.73. The lowest BCUT2D eigenvalue weighted by molar-refractivity contribution is 0.102. The highest BCUT2D eigenvalue weighted by molar-refractivity contribution is 7.91. The van der Waals surface area contributed by atoms with E-state index in [1.807, 2.05) is 0 Å². The maximum atomic E-state index is 13.2. The molecule has 2 aromatic carbocycles. The third kappa shape index (κ3) is 4.54. The molecule has 0 aromatic heterocycles. The van der Waals surface area contributed by atoms with Gasteiger partial charge in [-0.25, -0.2) is 21.6 Å². The fourth-order valence-electron chi connectivity index (χ4n) is 2.08. The minimum atomic E-state index is -3.84. The molecule has 0 heterocycles. The van der Waals surface area contributed by atoms with Gasteiger partial charge < -0.3 is 10.4 Å². The largest absolute Gasteiger partial charge is 0.396 e. The molecular formula is C16H13ClF3NO4S. The van der Waals surface area contributed by atoms with E-state index in [1.165, 1.54) is 12.1 Å². The van der Waals surface area contributed by atoms with Crippen LogP contribution in [-0.2, 0) is 9.84 Å². The number of sulfone groups is 1. The van der Waals surface area contributed by atoms with Crippen LogP contribution in [-0.4, -0.2) is 31.8 Å². The number of halogens is 4. The fourth-order valence-corrected chi connectivity index (χ4v) is 3.95. The van der Waals surface area contributed by atoms with E-state index in [0.29, 0.717) is 12.1 Å². The second kappa shape index (κ2) is 8.07. The van der Waals surface area contributed by atoms with E-state index in [2.05, 4.69) is 5.32 Å². The monoisotopic (exact) mass is 407 g/mol. The summed E-state index contributed by atoms with van der Waals surface area (Å²) >= 11 is 5.87. The average molecular weight is 408 g/mol. The predicted octanol–water partition coefficient (Wildman–Crippen LogP) is 3.17. The molecule has 0 aliphatic heterocycles. The van der Waals surface area contributed by atoms with E-state index >= 15 is 0 Å². The van der Waals surface area contributed by atoms with Gasteiger partial charge in [-0.15, -0.1) is 0 Å². The Bertz CT molecular complexity index is 928. The Balaban J connectivity index is 2.32. The van der Waals surface area contributed by atoms with Gasteiger partial charge in [0.1, 0.15) is 0 Å². The van der Waals surface area contributed by atoms with Gasteiger partial charge in [0.25, 0.3) is 5.91 Å². The molecule has 0 spiro atoms. The topological polar surface area (TPSA) is 83.5 Å². The Morgan fingerprint density at radius 3 is 2.31 bits per heavy atom. The number of benzene rings is 2. The molecule has 26 heavy (non-hydrogen) atoms. The molecular weight excluding hydrogens is 395 g/mol. The second-order valence-electron chi connectivity index (χ2n) is 5.25. The van der Waals surface area contributed by atoms with Gasteiger partial charge in [0.05, 0.1) is 15.7 Å². The van der Waals surface area contributed by atoms with Crippen LogP contribution < -0.4 is 5.32 Å². The normalized spacial score (nSPS) is 11.4. The number of hydrogen-bond acceptors (Lipinski definition) is 4. The van der Waals surface area contributed by atoms with Crippen molar-refractivity contribution in [3.8, 4) is 0 Å². The van der Waals surface area contributed by atoms with Crippen LogP contribution in [0, 0.1) is 17.5 Å². The minimum absolute atomic E-state index is 0.0107. The van der Waals surface area contributed by atoms with Crippen LogP contribution in [0.3, 0.4) is 0 Å². The molecule has 10 heteroatoms. The number of anilines is 1. The highest BCUT2D eigenvalue weighted by atomic mass is 35.5. The number of aliphatic hydroxyl groups excluding tert-OH is 1. The number of hydrogen-bond donors (Lipinski definition) is 2. The molecule has 0 saturated heterocycles. The van der Waals surface area contributed by atoms with Crippen molar-refractivity contribution >= 4 is 33.0 Å². The molecule has 140 valence electrons. The standard InChI is InChI=1S/C16H13ClF3NO4S/c17-11-3-2-9(6-14(11)26(24,25)5-1-4-22)16(23)21-10-7-12(18)15(20)13(19)8-10/h2-3,6-8,22H,1,4-5H2,(H,21,23). The van der Waals surface area contributed by atoms with Gasteiger partial charge >= 0.3 is 0 Å². The molecule has 2 rings (SSSR count). The molecule has 0 aliphatic carbocycles. The van der Waals surface area contributed by atoms with Crippen molar-refractivity contribution in [2.75, 3.05) is 17.7 Å². The van der Waals surface area contributed by atoms with Crippen molar-refractivity contribution < 1.29 is 31.5 Å². The Morgan fingerprint density at radius 2 is 1.73 bits per heavy atom. The Kier molecular flexibility index (Phi) is 6.27. The predicted molar refractivity (Wildman–Crippen MR) is 89.5 cm³/mol. The highest BCUT2D eigenvalue weighted by Gasteiger charge is 2.20. The molecule has 2 N–H and O–H groups in total. The van der Waals surface area contributed by atoms with Gasteiger partial charge in [0, 0.05) is 30.0 Å². The average Bonchev–Trinajstić information content (AvgIpc) is 2.58. The first-order valence-electron chi connectivity index (χ1n) is 7.25. The summed E-state index contributed by atoms with van der Waals surface area (Å²) in [6.07, 6.45) is -0.0107. The lowest BCUT2D eigenvalue weighted by Crippen LogP contribution is -2.15. The van der Waals surface area contributed by atoms with Gasteiger partial charge in [0.15, 0.2) is 27.3 Å². The van der Waals surface area contributed by atoms with Gasteiger partial charge in [-0.2, -0.15) is 0 Å². The minimum Gasteiger partial charge on any atom is -0.396 e. The van der Waals surface area contributed by atoms with Crippen molar-refractivity contribution in [2.45, 2.75) is 11.3 Å². The van der Waals surface area contributed by atoms with Gasteiger partial charge in [-0.05, 0) is 24.6 Å². The lowest BCUT2D eigenvalue weighted by Gasteiger charge is -2.10. The molecule has 0 fully saturated rings. The van der Waals surface area contributed by atoms with Crippen molar-refractivity contribution in [3.63, 3.8) is 0 Å². The van der Waals surface area contributed by atoms with E-state index in [1.54, 1.807) is 0 Å². The zero-order valence-electron chi connectivity index (χ0n) is 13.1. The van der Waals surface area contributed by atoms with E-state index in [9.17, 15) is 26.4 Å². The molecule has 0 atom stereocenters. The lowest BCUT2D eigenvalue weighted by atomic mass is 10.2. The molecule has 5 nitrogen and oxygen atoms in total. The number of aliphatic hydroxyl groups is 1. The molecule has 0 saturated carbocycles. The number of amides is 1. The zero-order chi connectivity index (χ0) is 19.5.